The second kappa shape index (κ2) is 5.98. The molecule has 1 aliphatic rings. The molecule has 0 aromatic heterocycles. The lowest BCUT2D eigenvalue weighted by atomic mass is 9.85. The van der Waals surface area contributed by atoms with Crippen LogP contribution in [0.3, 0.4) is 0 Å². The number of nitrogens with one attached hydrogen (secondary N) is 1. The van der Waals surface area contributed by atoms with Crippen molar-refractivity contribution in [3.63, 3.8) is 0 Å². The second-order valence-corrected chi connectivity index (χ2v) is 3.92. The summed E-state index contributed by atoms with van der Waals surface area (Å²) in [5.74, 6) is 0.467. The quantitative estimate of drug-likeness (QED) is 0.646. The van der Waals surface area contributed by atoms with E-state index in [2.05, 4.69) is 5.32 Å². The van der Waals surface area contributed by atoms with E-state index >= 15 is 0 Å². The Morgan fingerprint density at radius 2 is 2.36 bits per heavy atom. The average Bonchev–Trinajstić information content (AvgIpc) is 2.01. The summed E-state index contributed by atoms with van der Waals surface area (Å²) in [6.45, 7) is 1.22. The molecule has 0 aromatic carbocycles. The molecule has 1 atom stereocenters. The van der Waals surface area contributed by atoms with Gasteiger partial charge >= 0.3 is 0 Å². The van der Waals surface area contributed by atoms with Crippen LogP contribution in [0, 0.1) is 5.92 Å². The first-order chi connectivity index (χ1) is 6.74. The highest BCUT2D eigenvalue weighted by atomic mass is 16.5. The number of nitrogens with two attached hydrogens (primary N) is 1. The van der Waals surface area contributed by atoms with E-state index in [1.54, 1.807) is 7.11 Å². The summed E-state index contributed by atoms with van der Waals surface area (Å²) in [4.78, 5) is 11.4. The molecule has 1 amide bonds. The maximum atomic E-state index is 11.4. The summed E-state index contributed by atoms with van der Waals surface area (Å²) < 4.78 is 4.90. The van der Waals surface area contributed by atoms with Gasteiger partial charge < -0.3 is 15.8 Å². The Balaban J connectivity index is 1.99. The number of amides is 1. The van der Waals surface area contributed by atoms with Crippen molar-refractivity contribution in [2.24, 2.45) is 11.7 Å². The molecule has 0 spiro atoms. The number of carbonyl (C=O) groups excluding carboxylic acids is 1. The summed E-state index contributed by atoms with van der Waals surface area (Å²) in [7, 11) is 1.63. The van der Waals surface area contributed by atoms with E-state index in [4.69, 9.17) is 10.5 Å². The SMILES string of the molecule is COCC(N)CCNC(=O)C1CCC1. The summed E-state index contributed by atoms with van der Waals surface area (Å²) >= 11 is 0. The molecule has 1 aliphatic carbocycles. The van der Waals surface area contributed by atoms with Gasteiger partial charge in [0.1, 0.15) is 0 Å². The Morgan fingerprint density at radius 1 is 1.64 bits per heavy atom. The number of hydrogen-bond donors (Lipinski definition) is 2. The Kier molecular flexibility index (Phi) is 4.90. The van der Waals surface area contributed by atoms with Gasteiger partial charge in [-0.1, -0.05) is 6.42 Å². The third-order valence-corrected chi connectivity index (χ3v) is 2.67. The highest BCUT2D eigenvalue weighted by Crippen LogP contribution is 2.25. The van der Waals surface area contributed by atoms with E-state index in [9.17, 15) is 4.79 Å². The normalized spacial score (nSPS) is 18.7. The molecule has 4 nitrogen and oxygen atoms in total. The predicted octanol–water partition coefficient (Wildman–Crippen LogP) is 0.267. The van der Waals surface area contributed by atoms with Gasteiger partial charge in [-0.15, -0.1) is 0 Å². The van der Waals surface area contributed by atoms with Crippen LogP contribution in [0.2, 0.25) is 0 Å². The minimum atomic E-state index is 0.0293. The monoisotopic (exact) mass is 200 g/mol. The van der Waals surface area contributed by atoms with E-state index in [1.165, 1.54) is 6.42 Å². The van der Waals surface area contributed by atoms with Gasteiger partial charge in [0.2, 0.25) is 5.91 Å². The fourth-order valence-corrected chi connectivity index (χ4v) is 1.49. The van der Waals surface area contributed by atoms with Crippen molar-refractivity contribution < 1.29 is 9.53 Å². The van der Waals surface area contributed by atoms with Crippen LogP contribution in [0.4, 0.5) is 0 Å². The van der Waals surface area contributed by atoms with E-state index in [-0.39, 0.29) is 17.9 Å². The number of rotatable bonds is 6. The molecule has 0 bridgehead atoms. The summed E-state index contributed by atoms with van der Waals surface area (Å²) in [6.07, 6.45) is 4.08. The minimum absolute atomic E-state index is 0.0293. The molecule has 1 unspecified atom stereocenters. The first kappa shape index (κ1) is 11.5. The molecule has 0 heterocycles. The van der Waals surface area contributed by atoms with Crippen LogP contribution in [0.1, 0.15) is 25.7 Å². The lowest BCUT2D eigenvalue weighted by Crippen LogP contribution is -2.37. The lowest BCUT2D eigenvalue weighted by molar-refractivity contribution is -0.127. The fourth-order valence-electron chi connectivity index (χ4n) is 1.49. The summed E-state index contributed by atoms with van der Waals surface area (Å²) in [6, 6.07) is 0.0293. The molecule has 0 radical (unpaired) electrons. The Hall–Kier alpha value is -0.610. The maximum absolute atomic E-state index is 11.4. The number of hydrogen-bond acceptors (Lipinski definition) is 3. The van der Waals surface area contributed by atoms with E-state index in [0.29, 0.717) is 13.2 Å². The van der Waals surface area contributed by atoms with Crippen LogP contribution in [-0.4, -0.2) is 32.2 Å². The zero-order chi connectivity index (χ0) is 10.4. The van der Waals surface area contributed by atoms with Gasteiger partial charge in [-0.25, -0.2) is 0 Å². The molecule has 4 heteroatoms. The summed E-state index contributed by atoms with van der Waals surface area (Å²) in [5, 5.41) is 2.90. The van der Waals surface area contributed by atoms with Crippen molar-refractivity contribution in [2.75, 3.05) is 20.3 Å². The van der Waals surface area contributed by atoms with Crippen LogP contribution in [0.15, 0.2) is 0 Å². The topological polar surface area (TPSA) is 64.3 Å². The van der Waals surface area contributed by atoms with Gasteiger partial charge in [-0.05, 0) is 19.3 Å². The maximum Gasteiger partial charge on any atom is 0.223 e. The van der Waals surface area contributed by atoms with Crippen molar-refractivity contribution in [1.82, 2.24) is 5.32 Å². The zero-order valence-electron chi connectivity index (χ0n) is 8.79. The highest BCUT2D eigenvalue weighted by Gasteiger charge is 2.24. The fraction of sp³-hybridized carbons (Fsp3) is 0.900. The van der Waals surface area contributed by atoms with Crippen LogP contribution in [0.5, 0.6) is 0 Å². The molecule has 0 saturated heterocycles. The van der Waals surface area contributed by atoms with Crippen LogP contribution in [0.25, 0.3) is 0 Å². The van der Waals surface area contributed by atoms with Crippen molar-refractivity contribution in [3.05, 3.63) is 0 Å². The molecular formula is C10H20N2O2. The summed E-state index contributed by atoms with van der Waals surface area (Å²) in [5.41, 5.74) is 5.72. The van der Waals surface area contributed by atoms with Crippen LogP contribution in [-0.2, 0) is 9.53 Å². The predicted molar refractivity (Wildman–Crippen MR) is 54.8 cm³/mol. The third kappa shape index (κ3) is 3.64. The standard InChI is InChI=1S/C10H20N2O2/c1-14-7-9(11)5-6-12-10(13)8-3-2-4-8/h8-9H,2-7,11H2,1H3,(H,12,13). The van der Waals surface area contributed by atoms with Gasteiger partial charge in [-0.3, -0.25) is 4.79 Å². The van der Waals surface area contributed by atoms with E-state index in [1.807, 2.05) is 0 Å². The molecule has 1 saturated carbocycles. The minimum Gasteiger partial charge on any atom is -0.383 e. The van der Waals surface area contributed by atoms with E-state index in [0.717, 1.165) is 19.3 Å². The molecule has 14 heavy (non-hydrogen) atoms. The Bertz CT molecular complexity index is 181. The van der Waals surface area contributed by atoms with Gasteiger partial charge in [-0.2, -0.15) is 0 Å². The molecule has 82 valence electrons. The van der Waals surface area contributed by atoms with Crippen LogP contribution >= 0.6 is 0 Å². The molecular weight excluding hydrogens is 180 g/mol. The first-order valence-electron chi connectivity index (χ1n) is 5.26. The van der Waals surface area contributed by atoms with Gasteiger partial charge in [0.25, 0.3) is 0 Å². The molecule has 1 rings (SSSR count). The number of ether oxygens (including phenoxy) is 1. The van der Waals surface area contributed by atoms with Gasteiger partial charge in [0.05, 0.1) is 6.61 Å². The van der Waals surface area contributed by atoms with Crippen molar-refractivity contribution >= 4 is 5.91 Å². The first-order valence-corrected chi connectivity index (χ1v) is 5.26. The van der Waals surface area contributed by atoms with Crippen molar-refractivity contribution in [2.45, 2.75) is 31.7 Å². The highest BCUT2D eigenvalue weighted by molar-refractivity contribution is 5.79. The van der Waals surface area contributed by atoms with Crippen molar-refractivity contribution in [3.8, 4) is 0 Å². The second-order valence-electron chi connectivity index (χ2n) is 3.92. The van der Waals surface area contributed by atoms with Crippen LogP contribution < -0.4 is 11.1 Å². The third-order valence-electron chi connectivity index (χ3n) is 2.67. The van der Waals surface area contributed by atoms with Gasteiger partial charge in [0.15, 0.2) is 0 Å². The largest absolute Gasteiger partial charge is 0.383 e. The average molecular weight is 200 g/mol. The smallest absolute Gasteiger partial charge is 0.223 e. The Labute approximate surface area is 85.2 Å². The number of methoxy groups -OCH3 is 1. The molecule has 1 fully saturated rings. The Morgan fingerprint density at radius 3 is 2.86 bits per heavy atom. The zero-order valence-corrected chi connectivity index (χ0v) is 8.79. The molecule has 0 aromatic rings. The molecule has 3 N–H and O–H groups in total. The molecule has 0 aliphatic heterocycles. The van der Waals surface area contributed by atoms with E-state index < -0.39 is 0 Å². The van der Waals surface area contributed by atoms with Crippen molar-refractivity contribution in [1.29, 1.82) is 0 Å². The number of carbonyl (C=O) groups is 1. The van der Waals surface area contributed by atoms with Gasteiger partial charge in [0, 0.05) is 25.6 Å². The lowest BCUT2D eigenvalue weighted by Gasteiger charge is -2.24.